The summed E-state index contributed by atoms with van der Waals surface area (Å²) >= 11 is 0. The smallest absolute Gasteiger partial charge is 0.340 e. The van der Waals surface area contributed by atoms with Gasteiger partial charge in [-0.25, -0.2) is 4.79 Å². The summed E-state index contributed by atoms with van der Waals surface area (Å²) in [7, 11) is 1.31. The van der Waals surface area contributed by atoms with Crippen LogP contribution in [0, 0.1) is 11.3 Å². The summed E-state index contributed by atoms with van der Waals surface area (Å²) in [5.74, 6) is -0.470. The van der Waals surface area contributed by atoms with Crippen LogP contribution in [0.5, 0.6) is 0 Å². The molecule has 2 rings (SSSR count). The molecule has 0 bridgehead atoms. The molecule has 0 aliphatic rings. The summed E-state index contributed by atoms with van der Waals surface area (Å²) in [5.41, 5.74) is 4.72. The first kappa shape index (κ1) is 14.2. The van der Waals surface area contributed by atoms with Gasteiger partial charge in [0.2, 0.25) is 0 Å². The SMILES string of the molecule is COC(=O)c1ccccc1N=NNc1ccc(C#N)cc1. The first-order valence-electron chi connectivity index (χ1n) is 6.09. The van der Waals surface area contributed by atoms with Crippen molar-refractivity contribution < 1.29 is 9.53 Å². The number of nitrogens with one attached hydrogen (secondary N) is 1. The van der Waals surface area contributed by atoms with Gasteiger partial charge in [-0.15, -0.1) is 5.11 Å². The van der Waals surface area contributed by atoms with Crippen LogP contribution in [0.2, 0.25) is 0 Å². The van der Waals surface area contributed by atoms with Crippen LogP contribution in [0.4, 0.5) is 11.4 Å². The molecule has 0 fully saturated rings. The molecule has 0 unspecified atom stereocenters. The molecule has 0 heterocycles. The summed E-state index contributed by atoms with van der Waals surface area (Å²) < 4.78 is 4.68. The molecule has 2 aromatic rings. The highest BCUT2D eigenvalue weighted by Gasteiger charge is 2.10. The summed E-state index contributed by atoms with van der Waals surface area (Å²) in [4.78, 5) is 11.6. The van der Waals surface area contributed by atoms with Crippen molar-refractivity contribution in [1.82, 2.24) is 0 Å². The Morgan fingerprint density at radius 3 is 2.57 bits per heavy atom. The van der Waals surface area contributed by atoms with E-state index in [2.05, 4.69) is 20.5 Å². The highest BCUT2D eigenvalue weighted by atomic mass is 16.5. The minimum Gasteiger partial charge on any atom is -0.465 e. The van der Waals surface area contributed by atoms with Gasteiger partial charge in [-0.05, 0) is 36.4 Å². The van der Waals surface area contributed by atoms with Gasteiger partial charge < -0.3 is 4.74 Å². The van der Waals surface area contributed by atoms with Crippen molar-refractivity contribution in [3.05, 3.63) is 59.7 Å². The largest absolute Gasteiger partial charge is 0.465 e. The Morgan fingerprint density at radius 2 is 1.90 bits per heavy atom. The van der Waals surface area contributed by atoms with Crippen LogP contribution in [-0.4, -0.2) is 13.1 Å². The van der Waals surface area contributed by atoms with Crippen molar-refractivity contribution in [1.29, 1.82) is 5.26 Å². The van der Waals surface area contributed by atoms with Crippen LogP contribution in [0.25, 0.3) is 0 Å². The van der Waals surface area contributed by atoms with Gasteiger partial charge in [-0.1, -0.05) is 17.4 Å². The molecule has 0 atom stereocenters. The van der Waals surface area contributed by atoms with Crippen LogP contribution >= 0.6 is 0 Å². The van der Waals surface area contributed by atoms with Crippen molar-refractivity contribution in [3.8, 4) is 6.07 Å². The lowest BCUT2D eigenvalue weighted by atomic mass is 10.2. The standard InChI is InChI=1S/C15H12N4O2/c1-21-15(20)13-4-2-3-5-14(13)18-19-17-12-8-6-11(10-16)7-9-12/h2-9H,1H3,(H,17,18). The Hall–Kier alpha value is -3.20. The number of ether oxygens (including phenoxy) is 1. The molecule has 2 aromatic carbocycles. The normalized spacial score (nSPS) is 10.1. The molecule has 0 amide bonds. The van der Waals surface area contributed by atoms with E-state index >= 15 is 0 Å². The molecule has 0 aliphatic heterocycles. The van der Waals surface area contributed by atoms with Gasteiger partial charge in [0.25, 0.3) is 0 Å². The van der Waals surface area contributed by atoms with E-state index in [1.807, 2.05) is 6.07 Å². The molecule has 0 aliphatic carbocycles. The Balaban J connectivity index is 2.11. The number of methoxy groups -OCH3 is 1. The molecule has 6 nitrogen and oxygen atoms in total. The van der Waals surface area contributed by atoms with Gasteiger partial charge in [0.15, 0.2) is 0 Å². The second-order valence-corrected chi connectivity index (χ2v) is 4.01. The number of nitriles is 1. The zero-order valence-corrected chi connectivity index (χ0v) is 11.3. The Morgan fingerprint density at radius 1 is 1.19 bits per heavy atom. The molecule has 0 saturated heterocycles. The maximum Gasteiger partial charge on any atom is 0.340 e. The number of nitrogens with zero attached hydrogens (tertiary/aromatic N) is 3. The number of hydrogen-bond acceptors (Lipinski definition) is 5. The van der Waals surface area contributed by atoms with Gasteiger partial charge >= 0.3 is 5.97 Å². The molecule has 0 spiro atoms. The Bertz CT molecular complexity index is 702. The lowest BCUT2D eigenvalue weighted by molar-refractivity contribution is 0.0601. The van der Waals surface area contributed by atoms with Gasteiger partial charge in [-0.3, -0.25) is 5.43 Å². The lowest BCUT2D eigenvalue weighted by Crippen LogP contribution is -2.01. The third-order valence-electron chi connectivity index (χ3n) is 2.66. The van der Waals surface area contributed by atoms with E-state index in [-0.39, 0.29) is 0 Å². The molecular weight excluding hydrogens is 268 g/mol. The van der Waals surface area contributed by atoms with Crippen LogP contribution in [0.3, 0.4) is 0 Å². The zero-order valence-electron chi connectivity index (χ0n) is 11.3. The van der Waals surface area contributed by atoms with Crippen LogP contribution in [0.15, 0.2) is 58.9 Å². The number of esters is 1. The van der Waals surface area contributed by atoms with Gasteiger partial charge in [0, 0.05) is 0 Å². The number of benzene rings is 2. The second kappa shape index (κ2) is 6.82. The minimum atomic E-state index is -0.470. The monoisotopic (exact) mass is 280 g/mol. The molecular formula is C15H12N4O2. The van der Waals surface area contributed by atoms with E-state index in [0.717, 1.165) is 0 Å². The number of carbonyl (C=O) groups is 1. The van der Waals surface area contributed by atoms with Crippen molar-refractivity contribution in [2.24, 2.45) is 10.3 Å². The van der Waals surface area contributed by atoms with Gasteiger partial charge in [0.05, 0.1) is 30.0 Å². The predicted octanol–water partition coefficient (Wildman–Crippen LogP) is 3.46. The molecule has 21 heavy (non-hydrogen) atoms. The van der Waals surface area contributed by atoms with Crippen LogP contribution in [-0.2, 0) is 4.74 Å². The molecule has 0 aromatic heterocycles. The Kier molecular flexibility index (Phi) is 4.62. The van der Waals surface area contributed by atoms with Crippen molar-refractivity contribution in [2.45, 2.75) is 0 Å². The van der Waals surface area contributed by atoms with Gasteiger partial charge in [-0.2, -0.15) is 5.26 Å². The maximum absolute atomic E-state index is 11.6. The van der Waals surface area contributed by atoms with E-state index < -0.39 is 5.97 Å². The van der Waals surface area contributed by atoms with Crippen LogP contribution in [0.1, 0.15) is 15.9 Å². The average Bonchev–Trinajstić information content (AvgIpc) is 2.55. The van der Waals surface area contributed by atoms with Crippen molar-refractivity contribution in [2.75, 3.05) is 12.5 Å². The number of carbonyl (C=O) groups excluding carboxylic acids is 1. The summed E-state index contributed by atoms with van der Waals surface area (Å²) in [6.07, 6.45) is 0. The highest BCUT2D eigenvalue weighted by Crippen LogP contribution is 2.20. The fourth-order valence-electron chi connectivity index (χ4n) is 1.60. The summed E-state index contributed by atoms with van der Waals surface area (Å²) in [5, 5.41) is 16.5. The topological polar surface area (TPSA) is 86.8 Å². The Labute approximate surface area is 121 Å². The maximum atomic E-state index is 11.6. The molecule has 1 N–H and O–H groups in total. The van der Waals surface area contributed by atoms with E-state index in [0.29, 0.717) is 22.5 Å². The number of anilines is 1. The first-order valence-corrected chi connectivity index (χ1v) is 6.09. The van der Waals surface area contributed by atoms with E-state index in [1.165, 1.54) is 7.11 Å². The quantitative estimate of drug-likeness (QED) is 0.528. The van der Waals surface area contributed by atoms with Crippen LogP contribution < -0.4 is 5.43 Å². The fourth-order valence-corrected chi connectivity index (χ4v) is 1.60. The molecule has 104 valence electrons. The molecule has 6 heteroatoms. The summed E-state index contributed by atoms with van der Waals surface area (Å²) in [6.45, 7) is 0. The number of rotatable bonds is 4. The lowest BCUT2D eigenvalue weighted by Gasteiger charge is -2.02. The van der Waals surface area contributed by atoms with Crippen molar-refractivity contribution in [3.63, 3.8) is 0 Å². The highest BCUT2D eigenvalue weighted by molar-refractivity contribution is 5.94. The minimum absolute atomic E-state index is 0.338. The molecule has 0 saturated carbocycles. The average molecular weight is 280 g/mol. The van der Waals surface area contributed by atoms with E-state index in [9.17, 15) is 4.79 Å². The third kappa shape index (κ3) is 3.64. The van der Waals surface area contributed by atoms with Crippen molar-refractivity contribution >= 4 is 17.3 Å². The molecule has 0 radical (unpaired) electrons. The van der Waals surface area contributed by atoms with E-state index in [1.54, 1.807) is 48.5 Å². The van der Waals surface area contributed by atoms with E-state index in [4.69, 9.17) is 5.26 Å². The third-order valence-corrected chi connectivity index (χ3v) is 2.66. The number of hydrogen-bond donors (Lipinski definition) is 1. The predicted molar refractivity (Wildman–Crippen MR) is 77.1 cm³/mol. The van der Waals surface area contributed by atoms with Gasteiger partial charge in [0.1, 0.15) is 5.69 Å². The second-order valence-electron chi connectivity index (χ2n) is 4.01. The zero-order chi connectivity index (χ0) is 15.1. The summed E-state index contributed by atoms with van der Waals surface area (Å²) in [6, 6.07) is 15.5. The fraction of sp³-hybridized carbons (Fsp3) is 0.0667. The first-order chi connectivity index (χ1) is 10.2.